The first-order valence-corrected chi connectivity index (χ1v) is 3.98. The molecule has 1 aromatic heterocycles. The van der Waals surface area contributed by atoms with Crippen molar-refractivity contribution in [1.82, 2.24) is 4.98 Å². The van der Waals surface area contributed by atoms with Gasteiger partial charge in [0.25, 0.3) is 0 Å². The van der Waals surface area contributed by atoms with Crippen LogP contribution < -0.4 is 0 Å². The normalized spacial score (nSPS) is 9.14. The van der Waals surface area contributed by atoms with Crippen molar-refractivity contribution in [3.63, 3.8) is 0 Å². The molecule has 2 rings (SSSR count). The summed E-state index contributed by atoms with van der Waals surface area (Å²) < 4.78 is 0. The molecule has 0 bridgehead atoms. The molecule has 1 heterocycles. The molecule has 3 heteroatoms. The van der Waals surface area contributed by atoms with E-state index in [1.807, 2.05) is 18.2 Å². The van der Waals surface area contributed by atoms with Crippen LogP contribution in [0, 0.1) is 6.07 Å². The molecule has 0 fully saturated rings. The Morgan fingerprint density at radius 2 is 2.07 bits per heavy atom. The summed E-state index contributed by atoms with van der Waals surface area (Å²) in [7, 11) is 0. The van der Waals surface area contributed by atoms with E-state index in [0.717, 1.165) is 11.3 Å². The van der Waals surface area contributed by atoms with Crippen LogP contribution in [0.4, 0.5) is 0 Å². The molecule has 2 aromatic rings. The number of nitrogens with zero attached hydrogens (tertiary/aromatic N) is 1. The molecule has 14 heavy (non-hydrogen) atoms. The Balaban J connectivity index is 0.000000980. The first kappa shape index (κ1) is 10.9. The Morgan fingerprint density at radius 1 is 1.21 bits per heavy atom. The molecule has 1 radical (unpaired) electrons. The van der Waals surface area contributed by atoms with Gasteiger partial charge in [-0.15, -0.1) is 29.8 Å². The molecule has 0 atom stereocenters. The van der Waals surface area contributed by atoms with Crippen molar-refractivity contribution in [2.75, 3.05) is 0 Å². The van der Waals surface area contributed by atoms with Crippen LogP contribution in [0.5, 0.6) is 5.75 Å². The number of aromatic nitrogens is 1. The average Bonchev–Trinajstić information content (AvgIpc) is 2.19. The molecule has 0 spiro atoms. The molecule has 0 saturated heterocycles. The second-order valence-corrected chi connectivity index (χ2v) is 2.68. The second kappa shape index (κ2) is 4.89. The summed E-state index contributed by atoms with van der Waals surface area (Å²) in [5.74, 6) is 0.236. The first-order valence-electron chi connectivity index (χ1n) is 3.98. The number of phenols is 1. The second-order valence-electron chi connectivity index (χ2n) is 2.68. The molecule has 0 aliphatic carbocycles. The van der Waals surface area contributed by atoms with Crippen LogP contribution in [-0.2, 0) is 20.1 Å². The summed E-state index contributed by atoms with van der Waals surface area (Å²) >= 11 is 0. The van der Waals surface area contributed by atoms with Gasteiger partial charge in [-0.1, -0.05) is 12.1 Å². The third kappa shape index (κ3) is 2.41. The minimum Gasteiger partial charge on any atom is -0.527 e. The maximum Gasteiger partial charge on any atom is 0.0348 e. The van der Waals surface area contributed by atoms with E-state index in [1.54, 1.807) is 24.4 Å². The van der Waals surface area contributed by atoms with Gasteiger partial charge in [-0.2, -0.15) is 0 Å². The summed E-state index contributed by atoms with van der Waals surface area (Å²) in [6.45, 7) is 0. The van der Waals surface area contributed by atoms with Crippen molar-refractivity contribution < 1.29 is 25.2 Å². The van der Waals surface area contributed by atoms with Gasteiger partial charge in [0.05, 0.1) is 0 Å². The maximum absolute atomic E-state index is 9.23. The van der Waals surface area contributed by atoms with E-state index in [2.05, 4.69) is 11.1 Å². The number of benzene rings is 1. The van der Waals surface area contributed by atoms with Crippen molar-refractivity contribution in [2.45, 2.75) is 0 Å². The van der Waals surface area contributed by atoms with Crippen molar-refractivity contribution in [3.05, 3.63) is 48.7 Å². The minimum atomic E-state index is 0. The first-order chi connectivity index (χ1) is 6.36. The molecular weight excluding hydrogens is 354 g/mol. The van der Waals surface area contributed by atoms with Gasteiger partial charge in [-0.25, -0.2) is 0 Å². The monoisotopic (exact) mass is 363 g/mol. The Labute approximate surface area is 96.0 Å². The third-order valence-corrected chi connectivity index (χ3v) is 1.73. The van der Waals surface area contributed by atoms with E-state index in [4.69, 9.17) is 0 Å². The van der Waals surface area contributed by atoms with E-state index >= 15 is 0 Å². The quantitative estimate of drug-likeness (QED) is 0.790. The Hall–Kier alpha value is -1.18. The summed E-state index contributed by atoms with van der Waals surface area (Å²) in [5.41, 5.74) is 1.62. The van der Waals surface area contributed by atoms with Crippen LogP contribution in [0.1, 0.15) is 0 Å². The zero-order valence-electron chi connectivity index (χ0n) is 7.27. The summed E-state index contributed by atoms with van der Waals surface area (Å²) in [6, 6.07) is 13.6. The zero-order chi connectivity index (χ0) is 9.10. The van der Waals surface area contributed by atoms with E-state index < -0.39 is 0 Å². The Kier molecular flexibility index (Phi) is 3.81. The number of pyridine rings is 1. The number of rotatable bonds is 1. The van der Waals surface area contributed by atoms with E-state index in [0.29, 0.717) is 0 Å². The van der Waals surface area contributed by atoms with Gasteiger partial charge < -0.3 is 10.1 Å². The molecule has 0 amide bonds. The number of aromatic hydroxyl groups is 1. The Bertz CT molecular complexity index is 403. The van der Waals surface area contributed by atoms with Gasteiger partial charge in [0.2, 0.25) is 0 Å². The van der Waals surface area contributed by atoms with Gasteiger partial charge in [0.1, 0.15) is 0 Å². The third-order valence-electron chi connectivity index (χ3n) is 1.73. The van der Waals surface area contributed by atoms with E-state index in [-0.39, 0.29) is 25.9 Å². The molecule has 1 N–H and O–H groups in total. The predicted molar refractivity (Wildman–Crippen MR) is 50.2 cm³/mol. The van der Waals surface area contributed by atoms with Crippen molar-refractivity contribution in [2.24, 2.45) is 0 Å². The molecule has 0 saturated carbocycles. The molecule has 2 nitrogen and oxygen atoms in total. The number of hydrogen-bond donors (Lipinski definition) is 1. The summed E-state index contributed by atoms with van der Waals surface area (Å²) in [4.78, 5) is 4.15. The van der Waals surface area contributed by atoms with Gasteiger partial charge in [0.15, 0.2) is 0 Å². The fourth-order valence-electron chi connectivity index (χ4n) is 1.12. The van der Waals surface area contributed by atoms with Crippen LogP contribution in [0.3, 0.4) is 0 Å². The van der Waals surface area contributed by atoms with Gasteiger partial charge in [-0.3, -0.25) is 0 Å². The zero-order valence-corrected chi connectivity index (χ0v) is 9.66. The van der Waals surface area contributed by atoms with Crippen LogP contribution in [0.15, 0.2) is 42.6 Å². The standard InChI is InChI=1S/C11H8NO.Ir/c13-10-5-3-4-9(8-10)11-6-1-2-7-12-11;/h1-3,5-8,13H;/q-1;. The van der Waals surface area contributed by atoms with E-state index in [9.17, 15) is 5.11 Å². The molecule has 1 aromatic carbocycles. The smallest absolute Gasteiger partial charge is 0.0348 e. The van der Waals surface area contributed by atoms with E-state index in [1.165, 1.54) is 0 Å². The molecule has 0 unspecified atom stereocenters. The minimum absolute atomic E-state index is 0. The number of hydrogen-bond acceptors (Lipinski definition) is 2. The van der Waals surface area contributed by atoms with Gasteiger partial charge in [-0.05, 0) is 11.8 Å². The van der Waals surface area contributed by atoms with Crippen LogP contribution in [0.25, 0.3) is 11.3 Å². The molecule has 73 valence electrons. The van der Waals surface area contributed by atoms with Crippen LogP contribution in [0.2, 0.25) is 0 Å². The maximum atomic E-state index is 9.23. The van der Waals surface area contributed by atoms with Crippen molar-refractivity contribution >= 4 is 0 Å². The topological polar surface area (TPSA) is 33.1 Å². The summed E-state index contributed by atoms with van der Waals surface area (Å²) in [5, 5.41) is 9.23. The predicted octanol–water partition coefficient (Wildman–Crippen LogP) is 2.25. The fourth-order valence-corrected chi connectivity index (χ4v) is 1.12. The molecule has 0 aliphatic heterocycles. The van der Waals surface area contributed by atoms with Crippen LogP contribution in [-0.4, -0.2) is 10.1 Å². The Morgan fingerprint density at radius 3 is 2.71 bits per heavy atom. The van der Waals surface area contributed by atoms with Gasteiger partial charge in [0, 0.05) is 32.1 Å². The van der Waals surface area contributed by atoms with Crippen LogP contribution >= 0.6 is 0 Å². The SMILES string of the molecule is Oc1cc[c-]c(-c2ccccn2)c1.[Ir]. The van der Waals surface area contributed by atoms with Gasteiger partial charge >= 0.3 is 0 Å². The van der Waals surface area contributed by atoms with Crippen molar-refractivity contribution in [1.29, 1.82) is 0 Å². The number of phenolic OH excluding ortho intramolecular Hbond substituents is 1. The van der Waals surface area contributed by atoms with Crippen molar-refractivity contribution in [3.8, 4) is 17.0 Å². The molecular formula is C11H8IrNO-. The fraction of sp³-hybridized carbons (Fsp3) is 0. The molecule has 0 aliphatic rings. The summed E-state index contributed by atoms with van der Waals surface area (Å²) in [6.07, 6.45) is 1.72. The average molecular weight is 362 g/mol. The largest absolute Gasteiger partial charge is 0.527 e.